The maximum absolute atomic E-state index is 12.7. The van der Waals surface area contributed by atoms with Crippen molar-refractivity contribution in [2.75, 3.05) is 18.5 Å². The number of aryl methyl sites for hydroxylation is 3. The summed E-state index contributed by atoms with van der Waals surface area (Å²) in [6.45, 7) is 2.91. The third kappa shape index (κ3) is 2.96. The summed E-state index contributed by atoms with van der Waals surface area (Å²) in [6.07, 6.45) is 4.15. The summed E-state index contributed by atoms with van der Waals surface area (Å²) in [5, 5.41) is 18.9. The number of rotatable bonds is 3. The van der Waals surface area contributed by atoms with Crippen LogP contribution in [0.4, 0.5) is 5.82 Å². The van der Waals surface area contributed by atoms with E-state index in [-0.39, 0.29) is 17.6 Å². The molecule has 2 aromatic heterocycles. The molecule has 0 radical (unpaired) electrons. The molecule has 0 spiro atoms. The first-order valence-corrected chi connectivity index (χ1v) is 9.88. The van der Waals surface area contributed by atoms with Crippen molar-refractivity contribution in [3.63, 3.8) is 0 Å². The van der Waals surface area contributed by atoms with E-state index in [2.05, 4.69) is 15.5 Å². The maximum atomic E-state index is 12.7. The number of nitrogens with zero attached hydrogens (tertiary/aromatic N) is 4. The molecule has 144 valence electrons. The molecule has 2 unspecified atom stereocenters. The van der Waals surface area contributed by atoms with Crippen molar-refractivity contribution in [3.8, 4) is 0 Å². The van der Waals surface area contributed by atoms with Crippen molar-refractivity contribution < 1.29 is 4.74 Å². The van der Waals surface area contributed by atoms with Gasteiger partial charge in [0.1, 0.15) is 6.04 Å². The number of ether oxygens (including phenoxy) is 1. The summed E-state index contributed by atoms with van der Waals surface area (Å²) in [6, 6.07) is 9.58. The lowest BCUT2D eigenvalue weighted by atomic mass is 9.97. The normalized spacial score (nSPS) is 21.6. The molecule has 3 aromatic rings. The number of anilines is 1. The van der Waals surface area contributed by atoms with Gasteiger partial charge in [0.05, 0.1) is 30.6 Å². The minimum absolute atomic E-state index is 0.0530. The van der Waals surface area contributed by atoms with Crippen molar-refractivity contribution in [1.82, 2.24) is 20.0 Å². The minimum Gasteiger partial charge on any atom is -0.377 e. The van der Waals surface area contributed by atoms with E-state index in [4.69, 9.17) is 9.84 Å². The Morgan fingerprint density at radius 1 is 1.11 bits per heavy atom. The molecule has 0 saturated carbocycles. The summed E-state index contributed by atoms with van der Waals surface area (Å²) in [5.74, 6) is 0.715. The Morgan fingerprint density at radius 3 is 2.82 bits per heavy atom. The highest BCUT2D eigenvalue weighted by Gasteiger charge is 2.33. The van der Waals surface area contributed by atoms with Crippen molar-refractivity contribution >= 4 is 16.6 Å². The number of fused-ring (bicyclic) bond motifs is 2. The Bertz CT molecular complexity index is 1090. The zero-order valence-electron chi connectivity index (χ0n) is 15.9. The van der Waals surface area contributed by atoms with Gasteiger partial charge in [0.25, 0.3) is 5.56 Å². The van der Waals surface area contributed by atoms with Crippen LogP contribution in [-0.2, 0) is 17.6 Å². The molecule has 1 aliphatic heterocycles. The fraction of sp³-hybridized carbons (Fsp3) is 0.429. The van der Waals surface area contributed by atoms with Crippen LogP contribution < -0.4 is 10.9 Å². The van der Waals surface area contributed by atoms with Crippen LogP contribution in [0.25, 0.3) is 10.8 Å². The van der Waals surface area contributed by atoms with E-state index in [0.717, 1.165) is 53.4 Å². The molecular formula is C21H23N5O2. The van der Waals surface area contributed by atoms with Gasteiger partial charge in [-0.05, 0) is 38.2 Å². The fourth-order valence-corrected chi connectivity index (χ4v) is 4.26. The molecule has 5 rings (SSSR count). The van der Waals surface area contributed by atoms with Crippen LogP contribution in [0, 0.1) is 6.92 Å². The largest absolute Gasteiger partial charge is 0.377 e. The molecule has 1 fully saturated rings. The van der Waals surface area contributed by atoms with Crippen LogP contribution in [0.15, 0.2) is 35.1 Å². The molecule has 28 heavy (non-hydrogen) atoms. The first-order chi connectivity index (χ1) is 13.7. The molecule has 1 aromatic carbocycles. The third-order valence-electron chi connectivity index (χ3n) is 5.79. The van der Waals surface area contributed by atoms with Crippen LogP contribution in [0.3, 0.4) is 0 Å². The lowest BCUT2D eigenvalue weighted by Gasteiger charge is -2.23. The standard InChI is InChI=1S/C21H23N5O2/c1-13-15-7-3-4-8-16(15)21(24-23-13)22-18-11-28-12-19(18)26-20(27)10-14-6-2-5-9-17(14)25-26/h3-4,7-8,10,18-19H,2,5-6,9,11-12H2,1H3,(H,22,24). The third-order valence-corrected chi connectivity index (χ3v) is 5.79. The summed E-state index contributed by atoms with van der Waals surface area (Å²) in [4.78, 5) is 12.7. The number of nitrogens with one attached hydrogen (secondary N) is 1. The lowest BCUT2D eigenvalue weighted by Crippen LogP contribution is -2.38. The average Bonchev–Trinajstić information content (AvgIpc) is 3.18. The molecule has 7 heteroatoms. The van der Waals surface area contributed by atoms with Crippen molar-refractivity contribution in [1.29, 1.82) is 0 Å². The average molecular weight is 377 g/mol. The predicted octanol–water partition coefficient (Wildman–Crippen LogP) is 2.43. The second-order valence-electron chi connectivity index (χ2n) is 7.64. The predicted molar refractivity (Wildman–Crippen MR) is 107 cm³/mol. The minimum atomic E-state index is -0.165. The molecule has 1 N–H and O–H groups in total. The zero-order valence-corrected chi connectivity index (χ0v) is 15.9. The molecule has 3 heterocycles. The quantitative estimate of drug-likeness (QED) is 0.755. The van der Waals surface area contributed by atoms with E-state index in [0.29, 0.717) is 19.0 Å². The number of aromatic nitrogens is 4. The molecule has 1 saturated heterocycles. The highest BCUT2D eigenvalue weighted by Crippen LogP contribution is 2.27. The Balaban J connectivity index is 1.49. The second kappa shape index (κ2) is 6.98. The summed E-state index contributed by atoms with van der Waals surface area (Å²) >= 11 is 0. The SMILES string of the molecule is Cc1nnc(NC2COCC2n2nc3c(cc2=O)CCCC3)c2ccccc12. The highest BCUT2D eigenvalue weighted by atomic mass is 16.5. The molecule has 7 nitrogen and oxygen atoms in total. The van der Waals surface area contributed by atoms with Crippen LogP contribution in [0.5, 0.6) is 0 Å². The Labute approximate surface area is 162 Å². The van der Waals surface area contributed by atoms with Gasteiger partial charge in [-0.25, -0.2) is 4.68 Å². The van der Waals surface area contributed by atoms with Crippen LogP contribution in [0.2, 0.25) is 0 Å². The zero-order chi connectivity index (χ0) is 19.1. The van der Waals surface area contributed by atoms with E-state index in [1.807, 2.05) is 31.2 Å². The molecule has 2 atom stereocenters. The van der Waals surface area contributed by atoms with E-state index in [9.17, 15) is 4.79 Å². The van der Waals surface area contributed by atoms with Crippen molar-refractivity contribution in [2.24, 2.45) is 0 Å². The summed E-state index contributed by atoms with van der Waals surface area (Å²) in [5.41, 5.74) is 3.00. The van der Waals surface area contributed by atoms with E-state index < -0.39 is 0 Å². The molecule has 2 aliphatic rings. The van der Waals surface area contributed by atoms with Gasteiger partial charge in [-0.2, -0.15) is 10.2 Å². The molecule has 0 amide bonds. The first-order valence-electron chi connectivity index (χ1n) is 9.88. The summed E-state index contributed by atoms with van der Waals surface area (Å²) < 4.78 is 7.33. The molecule has 1 aliphatic carbocycles. The van der Waals surface area contributed by atoms with Crippen LogP contribution >= 0.6 is 0 Å². The van der Waals surface area contributed by atoms with Gasteiger partial charge >= 0.3 is 0 Å². The van der Waals surface area contributed by atoms with E-state index in [1.54, 1.807) is 10.7 Å². The van der Waals surface area contributed by atoms with Crippen LogP contribution in [0.1, 0.15) is 35.8 Å². The Kier molecular flexibility index (Phi) is 4.31. The maximum Gasteiger partial charge on any atom is 0.267 e. The molecule has 0 bridgehead atoms. The van der Waals surface area contributed by atoms with Gasteiger partial charge in [-0.1, -0.05) is 24.3 Å². The Morgan fingerprint density at radius 2 is 1.93 bits per heavy atom. The second-order valence-corrected chi connectivity index (χ2v) is 7.64. The van der Waals surface area contributed by atoms with Crippen LogP contribution in [-0.4, -0.2) is 39.2 Å². The Hall–Kier alpha value is -2.80. The molecular weight excluding hydrogens is 354 g/mol. The van der Waals surface area contributed by atoms with Gasteiger partial charge in [0, 0.05) is 16.8 Å². The number of hydrogen-bond donors (Lipinski definition) is 1. The van der Waals surface area contributed by atoms with E-state index >= 15 is 0 Å². The smallest absolute Gasteiger partial charge is 0.267 e. The van der Waals surface area contributed by atoms with Crippen molar-refractivity contribution in [2.45, 2.75) is 44.7 Å². The summed E-state index contributed by atoms with van der Waals surface area (Å²) in [7, 11) is 0. The van der Waals surface area contributed by atoms with Gasteiger partial charge in [-0.15, -0.1) is 5.10 Å². The van der Waals surface area contributed by atoms with E-state index in [1.165, 1.54) is 0 Å². The lowest BCUT2D eigenvalue weighted by molar-refractivity contribution is 0.182. The number of benzene rings is 1. The van der Waals surface area contributed by atoms with Gasteiger partial charge in [-0.3, -0.25) is 4.79 Å². The topological polar surface area (TPSA) is 81.9 Å². The first kappa shape index (κ1) is 17.3. The fourth-order valence-electron chi connectivity index (χ4n) is 4.26. The van der Waals surface area contributed by atoms with Crippen molar-refractivity contribution in [3.05, 3.63) is 57.6 Å². The van der Waals surface area contributed by atoms with Gasteiger partial charge < -0.3 is 10.1 Å². The highest BCUT2D eigenvalue weighted by molar-refractivity contribution is 5.92. The van der Waals surface area contributed by atoms with Gasteiger partial charge in [0.2, 0.25) is 0 Å². The number of hydrogen-bond acceptors (Lipinski definition) is 6. The monoisotopic (exact) mass is 377 g/mol. The van der Waals surface area contributed by atoms with Gasteiger partial charge in [0.15, 0.2) is 5.82 Å².